The Kier molecular flexibility index (Phi) is 5.86. The lowest BCUT2D eigenvalue weighted by molar-refractivity contribution is 0.0953. The highest BCUT2D eigenvalue weighted by Crippen LogP contribution is 2.33. The second-order valence-electron chi connectivity index (χ2n) is 6.02. The molecule has 4 rings (SSSR count). The van der Waals surface area contributed by atoms with E-state index in [4.69, 9.17) is 27.9 Å². The fraction of sp³-hybridized carbons (Fsp3) is 0.333. The van der Waals surface area contributed by atoms with Crippen molar-refractivity contribution in [2.45, 2.75) is 36.4 Å². The van der Waals surface area contributed by atoms with Crippen LogP contribution >= 0.6 is 46.3 Å². The van der Waals surface area contributed by atoms with E-state index in [9.17, 15) is 0 Å². The first kappa shape index (κ1) is 18.3. The Labute approximate surface area is 170 Å². The highest BCUT2D eigenvalue weighted by atomic mass is 35.5. The van der Waals surface area contributed by atoms with Crippen LogP contribution in [0.15, 0.2) is 40.9 Å². The highest BCUT2D eigenvalue weighted by Gasteiger charge is 2.22. The lowest BCUT2D eigenvalue weighted by atomic mass is 10.2. The van der Waals surface area contributed by atoms with Gasteiger partial charge in [0.2, 0.25) is 0 Å². The summed E-state index contributed by atoms with van der Waals surface area (Å²) >= 11 is 15.9. The topological polar surface area (TPSA) is 39.9 Å². The number of hydrogen-bond donors (Lipinski definition) is 0. The first-order valence-electron chi connectivity index (χ1n) is 8.37. The summed E-state index contributed by atoms with van der Waals surface area (Å²) in [5, 5.41) is 13.1. The van der Waals surface area contributed by atoms with Gasteiger partial charge >= 0.3 is 0 Å². The molecule has 4 nitrogen and oxygen atoms in total. The molecule has 1 aliphatic rings. The zero-order valence-corrected chi connectivity index (χ0v) is 17.0. The largest absolute Gasteiger partial charge is 0.376 e. The van der Waals surface area contributed by atoms with Crippen molar-refractivity contribution in [3.63, 3.8) is 0 Å². The summed E-state index contributed by atoms with van der Waals surface area (Å²) in [6.07, 6.45) is 2.40. The standard InChI is InChI=1S/C18H17Cl2N3OS2/c19-14-5-1-6-15(20)13(14)11-26-18-22-21-17(16-7-3-9-25-16)23(18)10-12-4-2-8-24-12/h1,3,5-7,9,12H,2,4,8,10-11H2. The molecule has 0 spiro atoms. The van der Waals surface area contributed by atoms with Gasteiger partial charge in [-0.15, -0.1) is 21.5 Å². The molecule has 0 amide bonds. The fourth-order valence-corrected chi connectivity index (χ4v) is 5.35. The minimum absolute atomic E-state index is 0.216. The molecule has 0 aliphatic carbocycles. The molecule has 0 saturated carbocycles. The Hall–Kier alpha value is -1.05. The van der Waals surface area contributed by atoms with Crippen LogP contribution in [0.4, 0.5) is 0 Å². The maximum Gasteiger partial charge on any atom is 0.191 e. The monoisotopic (exact) mass is 425 g/mol. The van der Waals surface area contributed by atoms with Crippen molar-refractivity contribution in [1.82, 2.24) is 14.8 Å². The lowest BCUT2D eigenvalue weighted by Gasteiger charge is -2.14. The molecule has 1 unspecified atom stereocenters. The normalized spacial score (nSPS) is 17.1. The van der Waals surface area contributed by atoms with Crippen molar-refractivity contribution >= 4 is 46.3 Å². The zero-order valence-electron chi connectivity index (χ0n) is 13.9. The molecule has 0 bridgehead atoms. The summed E-state index contributed by atoms with van der Waals surface area (Å²) in [5.41, 5.74) is 0.921. The molecular formula is C18H17Cl2N3OS2. The van der Waals surface area contributed by atoms with Gasteiger partial charge in [-0.25, -0.2) is 0 Å². The van der Waals surface area contributed by atoms with Crippen molar-refractivity contribution < 1.29 is 4.74 Å². The van der Waals surface area contributed by atoms with Crippen LogP contribution in [0.5, 0.6) is 0 Å². The van der Waals surface area contributed by atoms with Crippen molar-refractivity contribution in [3.8, 4) is 10.7 Å². The van der Waals surface area contributed by atoms with Crippen molar-refractivity contribution in [3.05, 3.63) is 51.3 Å². The minimum Gasteiger partial charge on any atom is -0.376 e. The summed E-state index contributed by atoms with van der Waals surface area (Å²) in [6, 6.07) is 9.67. The van der Waals surface area contributed by atoms with E-state index in [0.29, 0.717) is 15.8 Å². The van der Waals surface area contributed by atoms with E-state index in [0.717, 1.165) is 47.4 Å². The second kappa shape index (κ2) is 8.31. The van der Waals surface area contributed by atoms with Gasteiger partial charge in [0.15, 0.2) is 11.0 Å². The van der Waals surface area contributed by atoms with Gasteiger partial charge in [0.25, 0.3) is 0 Å². The van der Waals surface area contributed by atoms with Crippen LogP contribution in [0.25, 0.3) is 10.7 Å². The number of thiophene rings is 1. The molecule has 0 N–H and O–H groups in total. The van der Waals surface area contributed by atoms with Gasteiger partial charge in [-0.3, -0.25) is 4.57 Å². The Morgan fingerprint density at radius 3 is 2.73 bits per heavy atom. The molecule has 1 aliphatic heterocycles. The molecule has 2 aromatic heterocycles. The number of rotatable bonds is 6. The Morgan fingerprint density at radius 2 is 2.04 bits per heavy atom. The van der Waals surface area contributed by atoms with E-state index in [2.05, 4.69) is 26.2 Å². The summed E-state index contributed by atoms with van der Waals surface area (Å²) in [4.78, 5) is 1.11. The van der Waals surface area contributed by atoms with Crippen molar-refractivity contribution in [1.29, 1.82) is 0 Å². The molecule has 1 atom stereocenters. The second-order valence-corrected chi connectivity index (χ2v) is 8.72. The van der Waals surface area contributed by atoms with Crippen LogP contribution in [0.1, 0.15) is 18.4 Å². The maximum atomic E-state index is 6.30. The number of halogens is 2. The lowest BCUT2D eigenvalue weighted by Crippen LogP contribution is -2.16. The first-order valence-corrected chi connectivity index (χ1v) is 11.0. The van der Waals surface area contributed by atoms with Crippen LogP contribution < -0.4 is 0 Å². The molecule has 8 heteroatoms. The SMILES string of the molecule is Clc1cccc(Cl)c1CSc1nnc(-c2cccs2)n1CC1CCCO1. The maximum absolute atomic E-state index is 6.30. The molecule has 1 fully saturated rings. The van der Waals surface area contributed by atoms with Gasteiger partial charge in [0.05, 0.1) is 17.5 Å². The summed E-state index contributed by atoms with van der Waals surface area (Å²) in [6.45, 7) is 1.59. The molecule has 1 saturated heterocycles. The van der Waals surface area contributed by atoms with E-state index in [-0.39, 0.29) is 6.10 Å². The van der Waals surface area contributed by atoms with Gasteiger partial charge < -0.3 is 4.74 Å². The average Bonchev–Trinajstić information content (AvgIpc) is 3.37. The van der Waals surface area contributed by atoms with Gasteiger partial charge in [-0.05, 0) is 42.0 Å². The molecule has 3 heterocycles. The number of thioether (sulfide) groups is 1. The number of nitrogens with zero attached hydrogens (tertiary/aromatic N) is 3. The van der Waals surface area contributed by atoms with Crippen LogP contribution in [-0.2, 0) is 17.0 Å². The van der Waals surface area contributed by atoms with Gasteiger partial charge in [0.1, 0.15) is 0 Å². The van der Waals surface area contributed by atoms with Gasteiger partial charge in [-0.2, -0.15) is 0 Å². The van der Waals surface area contributed by atoms with Crippen LogP contribution in [0, 0.1) is 0 Å². The zero-order chi connectivity index (χ0) is 17.9. The van der Waals surface area contributed by atoms with E-state index < -0.39 is 0 Å². The summed E-state index contributed by atoms with van der Waals surface area (Å²) in [5.74, 6) is 1.54. The fourth-order valence-electron chi connectivity index (χ4n) is 2.95. The van der Waals surface area contributed by atoms with Crippen LogP contribution in [-0.4, -0.2) is 27.5 Å². The average molecular weight is 426 g/mol. The predicted octanol–water partition coefficient (Wildman–Crippen LogP) is 5.78. The molecule has 3 aromatic rings. The predicted molar refractivity (Wildman–Crippen MR) is 108 cm³/mol. The van der Waals surface area contributed by atoms with Crippen LogP contribution in [0.3, 0.4) is 0 Å². The Morgan fingerprint density at radius 1 is 1.19 bits per heavy atom. The van der Waals surface area contributed by atoms with Gasteiger partial charge in [-0.1, -0.05) is 47.1 Å². The Bertz CT molecular complexity index is 856. The quantitative estimate of drug-likeness (QED) is 0.468. The molecule has 1 aromatic carbocycles. The number of aromatic nitrogens is 3. The minimum atomic E-state index is 0.216. The summed E-state index contributed by atoms with van der Waals surface area (Å²) < 4.78 is 7.99. The van der Waals surface area contributed by atoms with Crippen molar-refractivity contribution in [2.75, 3.05) is 6.61 Å². The van der Waals surface area contributed by atoms with Crippen molar-refractivity contribution in [2.24, 2.45) is 0 Å². The van der Waals surface area contributed by atoms with E-state index in [1.165, 1.54) is 0 Å². The smallest absolute Gasteiger partial charge is 0.191 e. The van der Waals surface area contributed by atoms with Crippen LogP contribution in [0.2, 0.25) is 10.0 Å². The van der Waals surface area contributed by atoms with Gasteiger partial charge in [0, 0.05) is 22.4 Å². The summed E-state index contributed by atoms with van der Waals surface area (Å²) in [7, 11) is 0. The molecule has 0 radical (unpaired) electrons. The third kappa shape index (κ3) is 3.94. The Balaban J connectivity index is 1.60. The third-order valence-electron chi connectivity index (χ3n) is 4.28. The third-order valence-corrected chi connectivity index (χ3v) is 6.84. The molecular weight excluding hydrogens is 409 g/mol. The number of ether oxygens (including phenoxy) is 1. The highest BCUT2D eigenvalue weighted by molar-refractivity contribution is 7.98. The van der Waals surface area contributed by atoms with E-state index >= 15 is 0 Å². The molecule has 26 heavy (non-hydrogen) atoms. The number of benzene rings is 1. The first-order chi connectivity index (χ1) is 12.7. The number of hydrogen-bond acceptors (Lipinski definition) is 5. The van der Waals surface area contributed by atoms with E-state index in [1.54, 1.807) is 23.1 Å². The van der Waals surface area contributed by atoms with E-state index in [1.807, 2.05) is 24.3 Å². The molecule has 136 valence electrons.